The minimum atomic E-state index is 0.149. The smallest absolute Gasteiger partial charge is 0.254 e. The second kappa shape index (κ2) is 9.06. The monoisotopic (exact) mass is 486 g/mol. The summed E-state index contributed by atoms with van der Waals surface area (Å²) in [7, 11) is 0. The van der Waals surface area contributed by atoms with Crippen LogP contribution in [0, 0.1) is 6.92 Å². The highest BCUT2D eigenvalue weighted by Gasteiger charge is 2.30. The molecule has 0 spiro atoms. The number of fused-ring (bicyclic) bond motifs is 2. The van der Waals surface area contributed by atoms with Gasteiger partial charge in [-0.2, -0.15) is 0 Å². The van der Waals surface area contributed by atoms with Gasteiger partial charge in [-0.1, -0.05) is 24.3 Å². The average molecular weight is 487 g/mol. The zero-order chi connectivity index (χ0) is 23.1. The van der Waals surface area contributed by atoms with E-state index in [1.54, 1.807) is 22.7 Å². The number of piperazine rings is 1. The van der Waals surface area contributed by atoms with Gasteiger partial charge in [0.25, 0.3) is 5.91 Å². The van der Waals surface area contributed by atoms with Gasteiger partial charge in [0.2, 0.25) is 0 Å². The lowest BCUT2D eigenvalue weighted by Crippen LogP contribution is -2.48. The van der Waals surface area contributed by atoms with E-state index < -0.39 is 0 Å². The molecule has 1 aliphatic heterocycles. The molecular weight excluding hydrogens is 460 g/mol. The van der Waals surface area contributed by atoms with E-state index in [0.717, 1.165) is 84.0 Å². The number of amides is 1. The van der Waals surface area contributed by atoms with Gasteiger partial charge in [0.05, 0.1) is 27.5 Å². The van der Waals surface area contributed by atoms with Gasteiger partial charge in [-0.25, -0.2) is 9.97 Å². The summed E-state index contributed by atoms with van der Waals surface area (Å²) >= 11 is 3.43. The van der Waals surface area contributed by atoms with Crippen molar-refractivity contribution in [3.8, 4) is 0 Å². The second-order valence-corrected chi connectivity index (χ2v) is 11.0. The van der Waals surface area contributed by atoms with E-state index in [2.05, 4.69) is 44.9 Å². The Bertz CT molecular complexity index is 1380. The van der Waals surface area contributed by atoms with E-state index >= 15 is 0 Å². The number of pyridine rings is 1. The number of para-hydroxylation sites is 1. The summed E-state index contributed by atoms with van der Waals surface area (Å²) in [6.45, 7) is 6.13. The number of hydrogen-bond donors (Lipinski definition) is 0. The molecule has 1 aliphatic carbocycles. The van der Waals surface area contributed by atoms with E-state index in [4.69, 9.17) is 4.98 Å². The number of hydrogen-bond acceptors (Lipinski definition) is 6. The van der Waals surface area contributed by atoms with Crippen molar-refractivity contribution in [1.29, 1.82) is 0 Å². The maximum absolute atomic E-state index is 13.9. The first-order chi connectivity index (χ1) is 16.7. The van der Waals surface area contributed by atoms with Gasteiger partial charge in [-0.15, -0.1) is 22.7 Å². The summed E-state index contributed by atoms with van der Waals surface area (Å²) in [6.07, 6.45) is 4.04. The lowest BCUT2D eigenvalue weighted by Gasteiger charge is -2.35. The van der Waals surface area contributed by atoms with Crippen molar-refractivity contribution < 1.29 is 4.79 Å². The van der Waals surface area contributed by atoms with Crippen molar-refractivity contribution in [3.63, 3.8) is 0 Å². The summed E-state index contributed by atoms with van der Waals surface area (Å²) in [5.41, 5.74) is 6.26. The van der Waals surface area contributed by atoms with Crippen LogP contribution in [0.5, 0.6) is 0 Å². The predicted octanol–water partition coefficient (Wildman–Crippen LogP) is 5.51. The van der Waals surface area contributed by atoms with Gasteiger partial charge in [0.1, 0.15) is 0 Å². The fourth-order valence-electron chi connectivity index (χ4n) is 5.05. The molecule has 5 nitrogen and oxygen atoms in total. The number of allylic oxidation sites excluding steroid dienone is 1. The van der Waals surface area contributed by atoms with Crippen LogP contribution in [0.2, 0.25) is 0 Å². The lowest BCUT2D eigenvalue weighted by atomic mass is 9.99. The maximum Gasteiger partial charge on any atom is 0.254 e. The van der Waals surface area contributed by atoms with E-state index in [1.165, 1.54) is 10.5 Å². The van der Waals surface area contributed by atoms with Gasteiger partial charge in [-0.3, -0.25) is 9.69 Å². The highest BCUT2D eigenvalue weighted by atomic mass is 32.1. The molecule has 0 radical (unpaired) electrons. The number of nitrogens with zero attached hydrogens (tertiary/aromatic N) is 4. The van der Waals surface area contributed by atoms with Gasteiger partial charge < -0.3 is 4.90 Å². The molecule has 0 saturated carbocycles. The summed E-state index contributed by atoms with van der Waals surface area (Å²) < 4.78 is 0. The van der Waals surface area contributed by atoms with Crippen LogP contribution in [0.4, 0.5) is 0 Å². The number of carbonyl (C=O) groups is 1. The Hall–Kier alpha value is -2.87. The minimum Gasteiger partial charge on any atom is -0.336 e. The van der Waals surface area contributed by atoms with Gasteiger partial charge >= 0.3 is 0 Å². The van der Waals surface area contributed by atoms with Crippen LogP contribution >= 0.6 is 22.7 Å². The Morgan fingerprint density at radius 1 is 1.03 bits per heavy atom. The molecule has 0 atom stereocenters. The predicted molar refractivity (Wildman–Crippen MR) is 140 cm³/mol. The highest BCUT2D eigenvalue weighted by molar-refractivity contribution is 7.11. The topological polar surface area (TPSA) is 49.3 Å². The maximum atomic E-state index is 13.9. The molecule has 0 unspecified atom stereocenters. The van der Waals surface area contributed by atoms with Crippen LogP contribution in [0.3, 0.4) is 0 Å². The third-order valence-corrected chi connectivity index (χ3v) is 8.37. The number of thiazole rings is 1. The molecule has 1 saturated heterocycles. The third-order valence-electron chi connectivity index (χ3n) is 6.73. The Kier molecular flexibility index (Phi) is 5.77. The number of carbonyl (C=O) groups excluding carboxylic acids is 1. The zero-order valence-electron chi connectivity index (χ0n) is 19.2. The van der Waals surface area contributed by atoms with Crippen molar-refractivity contribution in [2.45, 2.75) is 26.3 Å². The van der Waals surface area contributed by atoms with Crippen molar-refractivity contribution in [3.05, 3.63) is 79.6 Å². The summed E-state index contributed by atoms with van der Waals surface area (Å²) in [4.78, 5) is 29.2. The molecular formula is C27H26N4OS2. The Labute approximate surface area is 207 Å². The first kappa shape index (κ1) is 21.6. The minimum absolute atomic E-state index is 0.149. The van der Waals surface area contributed by atoms with Gasteiger partial charge in [-0.05, 0) is 54.5 Å². The van der Waals surface area contributed by atoms with Gasteiger partial charge in [0, 0.05) is 48.4 Å². The summed E-state index contributed by atoms with van der Waals surface area (Å²) in [5.74, 6) is 0.149. The molecule has 4 aromatic rings. The molecule has 1 fully saturated rings. The largest absolute Gasteiger partial charge is 0.336 e. The fourth-order valence-corrected chi connectivity index (χ4v) is 6.33. The van der Waals surface area contributed by atoms with Crippen LogP contribution in [0.1, 0.15) is 43.6 Å². The molecule has 1 aromatic carbocycles. The van der Waals surface area contributed by atoms with E-state index in [1.807, 2.05) is 30.0 Å². The Morgan fingerprint density at radius 3 is 2.65 bits per heavy atom. The van der Waals surface area contributed by atoms with Crippen LogP contribution in [-0.2, 0) is 13.0 Å². The van der Waals surface area contributed by atoms with Crippen LogP contribution < -0.4 is 0 Å². The second-order valence-electron chi connectivity index (χ2n) is 8.94. The van der Waals surface area contributed by atoms with Gasteiger partial charge in [0.15, 0.2) is 0 Å². The molecule has 3 aromatic heterocycles. The number of aromatic nitrogens is 2. The molecule has 172 valence electrons. The molecule has 0 bridgehead atoms. The standard InChI is InChI=1S/C27H26N4OS2/c1-18-28-20(17-34-18)16-30-10-12-31(13-11-30)27(32)25-22-6-2-3-7-24(22)29-26-19(8-9-23(25)26)15-21-5-4-14-33-21/h2-7,14-15,17H,8-13,16H2,1H3/b19-15+. The summed E-state index contributed by atoms with van der Waals surface area (Å²) in [5, 5.41) is 6.32. The summed E-state index contributed by atoms with van der Waals surface area (Å²) in [6, 6.07) is 12.3. The molecule has 4 heterocycles. The average Bonchev–Trinajstić information content (AvgIpc) is 3.61. The number of thiophene rings is 1. The molecule has 0 N–H and O–H groups in total. The van der Waals surface area contributed by atoms with Crippen molar-refractivity contribution in [2.75, 3.05) is 26.2 Å². The van der Waals surface area contributed by atoms with E-state index in [0.29, 0.717) is 0 Å². The van der Waals surface area contributed by atoms with Crippen LogP contribution in [0.25, 0.3) is 22.6 Å². The lowest BCUT2D eigenvalue weighted by molar-refractivity contribution is 0.0628. The fraction of sp³-hybridized carbons (Fsp3) is 0.296. The van der Waals surface area contributed by atoms with E-state index in [-0.39, 0.29) is 5.91 Å². The van der Waals surface area contributed by atoms with Crippen molar-refractivity contribution >= 4 is 51.1 Å². The normalized spacial score (nSPS) is 17.6. The van der Waals surface area contributed by atoms with Crippen LogP contribution in [0.15, 0.2) is 47.2 Å². The Balaban J connectivity index is 1.29. The van der Waals surface area contributed by atoms with Crippen LogP contribution in [-0.4, -0.2) is 51.9 Å². The van der Waals surface area contributed by atoms with E-state index in [9.17, 15) is 4.79 Å². The first-order valence-corrected chi connectivity index (χ1v) is 13.5. The molecule has 2 aliphatic rings. The highest BCUT2D eigenvalue weighted by Crippen LogP contribution is 2.38. The molecule has 34 heavy (non-hydrogen) atoms. The SMILES string of the molecule is Cc1nc(CN2CCN(C(=O)c3c4c(nc5ccccc35)/C(=C/c3cccs3)CC4)CC2)cs1. The molecule has 7 heteroatoms. The quantitative estimate of drug-likeness (QED) is 0.382. The zero-order valence-corrected chi connectivity index (χ0v) is 20.8. The first-order valence-electron chi connectivity index (χ1n) is 11.7. The molecule has 6 rings (SSSR count). The molecule has 1 amide bonds. The Morgan fingerprint density at radius 2 is 1.88 bits per heavy atom. The third kappa shape index (κ3) is 4.08. The number of aryl methyl sites for hydroxylation is 1. The van der Waals surface area contributed by atoms with Crippen molar-refractivity contribution in [1.82, 2.24) is 19.8 Å². The number of benzene rings is 1. The number of rotatable bonds is 4. The van der Waals surface area contributed by atoms with Crippen molar-refractivity contribution in [2.24, 2.45) is 0 Å².